The molecule has 8 heteroatoms. The molecule has 2 aliphatic rings. The van der Waals surface area contributed by atoms with Gasteiger partial charge >= 0.3 is 5.97 Å². The van der Waals surface area contributed by atoms with Crippen molar-refractivity contribution in [3.63, 3.8) is 0 Å². The van der Waals surface area contributed by atoms with E-state index in [1.54, 1.807) is 13.2 Å². The van der Waals surface area contributed by atoms with Crippen molar-refractivity contribution in [2.45, 2.75) is 32.0 Å². The van der Waals surface area contributed by atoms with Crippen LogP contribution in [0.1, 0.15) is 33.9 Å². The topological polar surface area (TPSA) is 83.2 Å². The van der Waals surface area contributed by atoms with Gasteiger partial charge in [-0.2, -0.15) is 0 Å². The number of carbonyl (C=O) groups is 1. The molecule has 2 aliphatic heterocycles. The largest absolute Gasteiger partial charge is 0.493 e. The van der Waals surface area contributed by atoms with Gasteiger partial charge in [0.2, 0.25) is 0 Å². The first-order chi connectivity index (χ1) is 17.5. The van der Waals surface area contributed by atoms with E-state index in [0.29, 0.717) is 41.8 Å². The van der Waals surface area contributed by atoms with Crippen molar-refractivity contribution in [3.05, 3.63) is 81.4 Å². The van der Waals surface area contributed by atoms with E-state index in [2.05, 4.69) is 17.0 Å². The first kappa shape index (κ1) is 24.4. The van der Waals surface area contributed by atoms with Crippen LogP contribution in [-0.2, 0) is 30.8 Å². The van der Waals surface area contributed by atoms with E-state index in [0.717, 1.165) is 35.4 Å². The second-order valence-electron chi connectivity index (χ2n) is 8.94. The molecule has 2 heterocycles. The number of halogens is 1. The van der Waals surface area contributed by atoms with Crippen LogP contribution in [0.25, 0.3) is 0 Å². The number of ether oxygens (including phenoxy) is 4. The van der Waals surface area contributed by atoms with E-state index < -0.39 is 5.97 Å². The van der Waals surface area contributed by atoms with Gasteiger partial charge in [-0.1, -0.05) is 41.9 Å². The van der Waals surface area contributed by atoms with Crippen molar-refractivity contribution in [3.8, 4) is 23.0 Å². The summed E-state index contributed by atoms with van der Waals surface area (Å²) in [6, 6.07) is 16.1. The highest BCUT2D eigenvalue weighted by atomic mass is 35.5. The Hall–Kier alpha value is -3.26. The number of rotatable bonds is 7. The lowest BCUT2D eigenvalue weighted by molar-refractivity contribution is -0.132. The third kappa shape index (κ3) is 4.62. The van der Waals surface area contributed by atoms with Gasteiger partial charge in [0, 0.05) is 35.8 Å². The third-order valence-electron chi connectivity index (χ3n) is 6.90. The van der Waals surface area contributed by atoms with Crippen LogP contribution in [0.4, 0.5) is 0 Å². The Balaban J connectivity index is 1.50. The molecule has 0 radical (unpaired) electrons. The minimum Gasteiger partial charge on any atom is -0.493 e. The van der Waals surface area contributed by atoms with Gasteiger partial charge in [-0.15, -0.1) is 0 Å². The minimum absolute atomic E-state index is 0.107. The van der Waals surface area contributed by atoms with Crippen molar-refractivity contribution in [2.75, 3.05) is 27.3 Å². The van der Waals surface area contributed by atoms with Gasteiger partial charge < -0.3 is 24.7 Å². The van der Waals surface area contributed by atoms with Crippen LogP contribution in [0.3, 0.4) is 0 Å². The normalized spacial score (nSPS) is 16.4. The number of methoxy groups -OCH3 is 2. The predicted molar refractivity (Wildman–Crippen MR) is 137 cm³/mol. The molecule has 3 aromatic carbocycles. The number of benzene rings is 3. The Labute approximate surface area is 215 Å². The number of fused-ring (bicyclic) bond motifs is 4. The zero-order valence-electron chi connectivity index (χ0n) is 20.4. The molecule has 1 atom stereocenters. The fourth-order valence-corrected chi connectivity index (χ4v) is 5.39. The average molecular weight is 509 g/mol. The maximum atomic E-state index is 12.1. The summed E-state index contributed by atoms with van der Waals surface area (Å²) in [5.74, 6) is 1.76. The number of hydrogen-bond acceptors (Lipinski definition) is 7. The van der Waals surface area contributed by atoms with Gasteiger partial charge in [0.25, 0.3) is 0 Å². The summed E-state index contributed by atoms with van der Waals surface area (Å²) < 4.78 is 23.0. The average Bonchev–Trinajstić information content (AvgIpc) is 2.92. The lowest BCUT2D eigenvalue weighted by Gasteiger charge is -2.42. The van der Waals surface area contributed by atoms with Gasteiger partial charge in [0.05, 0.1) is 20.8 Å². The summed E-state index contributed by atoms with van der Waals surface area (Å²) in [6.45, 7) is 1.67. The van der Waals surface area contributed by atoms with Gasteiger partial charge in [-0.3, -0.25) is 9.69 Å². The van der Waals surface area contributed by atoms with Crippen LogP contribution < -0.4 is 24.7 Å². The third-order valence-corrected chi connectivity index (χ3v) is 7.24. The molecule has 0 aliphatic carbocycles. The number of hydrogen-bond donors (Lipinski definition) is 1. The maximum Gasteiger partial charge on any atom is 0.325 e. The number of esters is 1. The summed E-state index contributed by atoms with van der Waals surface area (Å²) in [4.78, 5) is 14.4. The first-order valence-electron chi connectivity index (χ1n) is 11.9. The molecule has 1 unspecified atom stereocenters. The van der Waals surface area contributed by atoms with Crippen LogP contribution in [-0.4, -0.2) is 38.2 Å². The highest BCUT2D eigenvalue weighted by Crippen LogP contribution is 2.48. The van der Waals surface area contributed by atoms with Crippen molar-refractivity contribution in [1.29, 1.82) is 0 Å². The molecule has 0 spiro atoms. The zero-order valence-corrected chi connectivity index (χ0v) is 21.1. The molecular weight excluding hydrogens is 480 g/mol. The molecule has 0 saturated heterocycles. The Morgan fingerprint density at radius 2 is 1.83 bits per heavy atom. The summed E-state index contributed by atoms with van der Waals surface area (Å²) in [5.41, 5.74) is 10.9. The van der Waals surface area contributed by atoms with Crippen molar-refractivity contribution >= 4 is 17.6 Å². The van der Waals surface area contributed by atoms with Crippen LogP contribution in [0.2, 0.25) is 5.02 Å². The molecule has 0 fully saturated rings. The SMILES string of the molecule is COc1cc2c(cc1OCc1ccccc1)C1Cc3c(Cl)cc(OC)c(OC(=O)CN)c3CN1CC2. The Bertz CT molecular complexity index is 1280. The van der Waals surface area contributed by atoms with Gasteiger partial charge in [0.15, 0.2) is 23.0 Å². The van der Waals surface area contributed by atoms with E-state index in [4.69, 9.17) is 36.3 Å². The molecule has 3 aromatic rings. The number of nitrogens with zero attached hydrogens (tertiary/aromatic N) is 1. The molecule has 0 amide bonds. The number of carbonyl (C=O) groups excluding carboxylic acids is 1. The standard InChI is InChI=1S/C28H29ClN2O5/c1-33-24-10-18-8-9-31-15-21-20(22(29)13-26(34-2)28(21)36-27(32)14-30)11-23(31)19(18)12-25(24)35-16-17-6-4-3-5-7-17/h3-7,10,12-13,23H,8-9,11,14-16,30H2,1-2H3. The molecule has 188 valence electrons. The van der Waals surface area contributed by atoms with E-state index >= 15 is 0 Å². The molecule has 0 saturated carbocycles. The Morgan fingerprint density at radius 1 is 1.06 bits per heavy atom. The van der Waals surface area contributed by atoms with Crippen LogP contribution >= 0.6 is 11.6 Å². The molecule has 7 nitrogen and oxygen atoms in total. The molecular formula is C28H29ClN2O5. The van der Waals surface area contributed by atoms with Crippen molar-refractivity contribution in [1.82, 2.24) is 4.90 Å². The Morgan fingerprint density at radius 3 is 2.56 bits per heavy atom. The molecule has 0 bridgehead atoms. The second kappa shape index (κ2) is 10.4. The highest BCUT2D eigenvalue weighted by molar-refractivity contribution is 6.31. The van der Waals surface area contributed by atoms with E-state index in [1.807, 2.05) is 30.3 Å². The highest BCUT2D eigenvalue weighted by Gasteiger charge is 2.36. The van der Waals surface area contributed by atoms with Crippen LogP contribution in [0.5, 0.6) is 23.0 Å². The van der Waals surface area contributed by atoms with Crippen LogP contribution in [0, 0.1) is 0 Å². The molecule has 36 heavy (non-hydrogen) atoms. The monoisotopic (exact) mass is 508 g/mol. The predicted octanol–water partition coefficient (Wildman–Crippen LogP) is 4.46. The summed E-state index contributed by atoms with van der Waals surface area (Å²) in [5, 5.41) is 0.593. The van der Waals surface area contributed by atoms with Crippen molar-refractivity contribution < 1.29 is 23.7 Å². The van der Waals surface area contributed by atoms with E-state index in [1.165, 1.54) is 18.2 Å². The van der Waals surface area contributed by atoms with E-state index in [9.17, 15) is 4.79 Å². The lowest BCUT2D eigenvalue weighted by Crippen LogP contribution is -2.39. The fraction of sp³-hybridized carbons (Fsp3) is 0.321. The first-order valence-corrected chi connectivity index (χ1v) is 12.3. The molecule has 0 aromatic heterocycles. The summed E-state index contributed by atoms with van der Waals surface area (Å²) in [6.07, 6.45) is 1.54. The van der Waals surface area contributed by atoms with Crippen molar-refractivity contribution in [2.24, 2.45) is 5.73 Å². The Kier molecular flexibility index (Phi) is 7.05. The smallest absolute Gasteiger partial charge is 0.325 e. The van der Waals surface area contributed by atoms with Crippen LogP contribution in [0.15, 0.2) is 48.5 Å². The minimum atomic E-state index is -0.517. The fourth-order valence-electron chi connectivity index (χ4n) is 5.10. The second-order valence-corrected chi connectivity index (χ2v) is 9.35. The lowest BCUT2D eigenvalue weighted by atomic mass is 9.83. The summed E-state index contributed by atoms with van der Waals surface area (Å²) >= 11 is 6.71. The quantitative estimate of drug-likeness (QED) is 0.373. The number of nitrogens with two attached hydrogens (primary N) is 1. The zero-order chi connectivity index (χ0) is 25.2. The molecule has 5 rings (SSSR count). The summed E-state index contributed by atoms with van der Waals surface area (Å²) in [7, 11) is 3.20. The van der Waals surface area contributed by atoms with Gasteiger partial charge in [-0.05, 0) is 47.2 Å². The molecule has 2 N–H and O–H groups in total. The van der Waals surface area contributed by atoms with Gasteiger partial charge in [0.1, 0.15) is 6.61 Å². The maximum absolute atomic E-state index is 12.1. The van der Waals surface area contributed by atoms with Gasteiger partial charge in [-0.25, -0.2) is 0 Å². The van der Waals surface area contributed by atoms with E-state index in [-0.39, 0.29) is 12.6 Å².